The molecule has 13 heavy (non-hydrogen) atoms. The van der Waals surface area contributed by atoms with Gasteiger partial charge in [0.25, 0.3) is 0 Å². The van der Waals surface area contributed by atoms with E-state index >= 15 is 0 Å². The molecule has 1 aliphatic heterocycles. The van der Waals surface area contributed by atoms with Crippen molar-refractivity contribution in [2.75, 3.05) is 20.2 Å². The van der Waals surface area contributed by atoms with Gasteiger partial charge in [-0.15, -0.1) is 0 Å². The Kier molecular flexibility index (Phi) is 3.31. The summed E-state index contributed by atoms with van der Waals surface area (Å²) in [5, 5.41) is 3.28. The third-order valence-electron chi connectivity index (χ3n) is 3.35. The molecule has 76 valence electrons. The second kappa shape index (κ2) is 4.09. The van der Waals surface area contributed by atoms with Gasteiger partial charge in [-0.2, -0.15) is 0 Å². The summed E-state index contributed by atoms with van der Waals surface area (Å²) in [5.41, 5.74) is -0.293. The first kappa shape index (κ1) is 10.5. The van der Waals surface area contributed by atoms with Gasteiger partial charge in [0, 0.05) is 0 Å². The Morgan fingerprint density at radius 3 is 2.77 bits per heavy atom. The van der Waals surface area contributed by atoms with Gasteiger partial charge in [-0.3, -0.25) is 4.79 Å². The Labute approximate surface area is 79.8 Å². The number of ether oxygens (including phenoxy) is 1. The van der Waals surface area contributed by atoms with Crippen LogP contribution in [0, 0.1) is 11.3 Å². The van der Waals surface area contributed by atoms with E-state index in [1.807, 2.05) is 6.92 Å². The highest BCUT2D eigenvalue weighted by molar-refractivity contribution is 5.76. The summed E-state index contributed by atoms with van der Waals surface area (Å²) < 4.78 is 4.85. The maximum Gasteiger partial charge on any atom is 0.311 e. The maximum atomic E-state index is 11.6. The van der Waals surface area contributed by atoms with Crippen LogP contribution in [0.1, 0.15) is 26.7 Å². The molecular weight excluding hydrogens is 166 g/mol. The van der Waals surface area contributed by atoms with Gasteiger partial charge < -0.3 is 10.1 Å². The number of rotatable bonds is 3. The van der Waals surface area contributed by atoms with Crippen LogP contribution in [0.2, 0.25) is 0 Å². The lowest BCUT2D eigenvalue weighted by Gasteiger charge is -2.30. The predicted molar refractivity (Wildman–Crippen MR) is 51.4 cm³/mol. The van der Waals surface area contributed by atoms with Crippen molar-refractivity contribution in [1.82, 2.24) is 5.32 Å². The zero-order valence-corrected chi connectivity index (χ0v) is 8.72. The topological polar surface area (TPSA) is 38.3 Å². The van der Waals surface area contributed by atoms with E-state index in [1.165, 1.54) is 7.11 Å². The summed E-state index contributed by atoms with van der Waals surface area (Å²) in [7, 11) is 1.47. The molecule has 1 heterocycles. The largest absolute Gasteiger partial charge is 0.469 e. The van der Waals surface area contributed by atoms with E-state index in [9.17, 15) is 4.79 Å². The monoisotopic (exact) mass is 185 g/mol. The zero-order chi connectivity index (χ0) is 9.90. The van der Waals surface area contributed by atoms with Gasteiger partial charge in [-0.05, 0) is 38.8 Å². The van der Waals surface area contributed by atoms with Gasteiger partial charge in [0.05, 0.1) is 12.5 Å². The molecule has 3 nitrogen and oxygen atoms in total. The number of hydrogen-bond acceptors (Lipinski definition) is 3. The standard InChI is InChI=1S/C10H19NO2/c1-4-10(2,9(12)13-3)8-5-6-11-7-8/h8,11H,4-7H2,1-3H3. The fourth-order valence-electron chi connectivity index (χ4n) is 2.03. The Hall–Kier alpha value is -0.570. The van der Waals surface area contributed by atoms with Crippen molar-refractivity contribution in [1.29, 1.82) is 0 Å². The van der Waals surface area contributed by atoms with Crippen molar-refractivity contribution in [3.63, 3.8) is 0 Å². The van der Waals surface area contributed by atoms with E-state index in [-0.39, 0.29) is 11.4 Å². The molecule has 1 rings (SSSR count). The SMILES string of the molecule is CCC(C)(C(=O)OC)C1CCNC1. The van der Waals surface area contributed by atoms with Gasteiger partial charge in [-0.25, -0.2) is 0 Å². The van der Waals surface area contributed by atoms with Crippen molar-refractivity contribution in [3.05, 3.63) is 0 Å². The zero-order valence-electron chi connectivity index (χ0n) is 8.72. The van der Waals surface area contributed by atoms with Crippen LogP contribution < -0.4 is 5.32 Å². The molecule has 1 fully saturated rings. The minimum absolute atomic E-state index is 0.0660. The van der Waals surface area contributed by atoms with Gasteiger partial charge in [0.15, 0.2) is 0 Å². The lowest BCUT2D eigenvalue weighted by Crippen LogP contribution is -2.37. The van der Waals surface area contributed by atoms with Crippen LogP contribution in [-0.4, -0.2) is 26.2 Å². The van der Waals surface area contributed by atoms with Crippen LogP contribution in [0.3, 0.4) is 0 Å². The number of methoxy groups -OCH3 is 1. The predicted octanol–water partition coefficient (Wildman–Crippen LogP) is 1.19. The molecule has 0 aromatic rings. The summed E-state index contributed by atoms with van der Waals surface area (Å²) in [6, 6.07) is 0. The smallest absolute Gasteiger partial charge is 0.311 e. The van der Waals surface area contributed by atoms with Crippen molar-refractivity contribution in [3.8, 4) is 0 Å². The van der Waals surface area contributed by atoms with E-state index in [2.05, 4.69) is 12.2 Å². The number of carbonyl (C=O) groups excluding carboxylic acids is 1. The summed E-state index contributed by atoms with van der Waals surface area (Å²) in [5.74, 6) is 0.369. The summed E-state index contributed by atoms with van der Waals surface area (Å²) in [4.78, 5) is 11.6. The Bertz CT molecular complexity index is 187. The van der Waals surface area contributed by atoms with Crippen molar-refractivity contribution in [2.45, 2.75) is 26.7 Å². The fourth-order valence-corrected chi connectivity index (χ4v) is 2.03. The summed E-state index contributed by atoms with van der Waals surface area (Å²) >= 11 is 0. The van der Waals surface area contributed by atoms with Crippen LogP contribution >= 0.6 is 0 Å². The Morgan fingerprint density at radius 2 is 2.38 bits per heavy atom. The molecule has 1 saturated heterocycles. The highest BCUT2D eigenvalue weighted by Gasteiger charge is 2.41. The van der Waals surface area contributed by atoms with E-state index in [1.54, 1.807) is 0 Å². The quantitative estimate of drug-likeness (QED) is 0.671. The van der Waals surface area contributed by atoms with E-state index in [0.29, 0.717) is 5.92 Å². The summed E-state index contributed by atoms with van der Waals surface area (Å²) in [6.07, 6.45) is 1.94. The van der Waals surface area contributed by atoms with E-state index < -0.39 is 0 Å². The molecule has 1 N–H and O–H groups in total. The molecular formula is C10H19NO2. The number of carbonyl (C=O) groups is 1. The molecule has 1 aliphatic rings. The van der Waals surface area contributed by atoms with Crippen LogP contribution in [-0.2, 0) is 9.53 Å². The highest BCUT2D eigenvalue weighted by atomic mass is 16.5. The molecule has 0 aromatic heterocycles. The van der Waals surface area contributed by atoms with Gasteiger partial charge in [0.2, 0.25) is 0 Å². The first-order chi connectivity index (χ1) is 6.15. The number of nitrogens with one attached hydrogen (secondary N) is 1. The minimum Gasteiger partial charge on any atom is -0.469 e. The first-order valence-electron chi connectivity index (χ1n) is 4.94. The van der Waals surface area contributed by atoms with E-state index in [4.69, 9.17) is 4.74 Å². The van der Waals surface area contributed by atoms with Crippen LogP contribution in [0.4, 0.5) is 0 Å². The van der Waals surface area contributed by atoms with E-state index in [0.717, 1.165) is 25.9 Å². The van der Waals surface area contributed by atoms with Crippen molar-refractivity contribution < 1.29 is 9.53 Å². The molecule has 2 unspecified atom stereocenters. The van der Waals surface area contributed by atoms with Crippen LogP contribution in [0.25, 0.3) is 0 Å². The maximum absolute atomic E-state index is 11.6. The fraction of sp³-hybridized carbons (Fsp3) is 0.900. The molecule has 0 spiro atoms. The normalized spacial score (nSPS) is 26.8. The average molecular weight is 185 g/mol. The van der Waals surface area contributed by atoms with Crippen molar-refractivity contribution >= 4 is 5.97 Å². The molecule has 0 aliphatic carbocycles. The molecule has 3 heteroatoms. The van der Waals surface area contributed by atoms with Gasteiger partial charge in [0.1, 0.15) is 0 Å². The molecule has 2 atom stereocenters. The lowest BCUT2D eigenvalue weighted by molar-refractivity contribution is -0.155. The first-order valence-corrected chi connectivity index (χ1v) is 4.94. The third-order valence-corrected chi connectivity index (χ3v) is 3.35. The number of hydrogen-bond donors (Lipinski definition) is 1. The summed E-state index contributed by atoms with van der Waals surface area (Å²) in [6.45, 7) is 6.03. The number of esters is 1. The highest BCUT2D eigenvalue weighted by Crippen LogP contribution is 2.36. The Morgan fingerprint density at radius 1 is 1.69 bits per heavy atom. The van der Waals surface area contributed by atoms with Gasteiger partial charge >= 0.3 is 5.97 Å². The third kappa shape index (κ3) is 1.85. The second-order valence-electron chi connectivity index (χ2n) is 3.95. The van der Waals surface area contributed by atoms with Gasteiger partial charge in [-0.1, -0.05) is 6.92 Å². The molecule has 0 saturated carbocycles. The molecule has 0 bridgehead atoms. The van der Waals surface area contributed by atoms with Crippen molar-refractivity contribution in [2.24, 2.45) is 11.3 Å². The van der Waals surface area contributed by atoms with Crippen LogP contribution in [0.15, 0.2) is 0 Å². The molecule has 0 amide bonds. The Balaban J connectivity index is 2.72. The molecule has 0 aromatic carbocycles. The lowest BCUT2D eigenvalue weighted by atomic mass is 9.74. The molecule has 0 radical (unpaired) electrons. The average Bonchev–Trinajstić information content (AvgIpc) is 2.68. The minimum atomic E-state index is -0.293. The van der Waals surface area contributed by atoms with Crippen LogP contribution in [0.5, 0.6) is 0 Å². The second-order valence-corrected chi connectivity index (χ2v) is 3.95.